The zero-order valence-corrected chi connectivity index (χ0v) is 19.8. The molecule has 11 heteroatoms. The maximum atomic E-state index is 12.8. The van der Waals surface area contributed by atoms with Gasteiger partial charge in [-0.25, -0.2) is 12.7 Å². The summed E-state index contributed by atoms with van der Waals surface area (Å²) in [6, 6.07) is 12.1. The summed E-state index contributed by atoms with van der Waals surface area (Å²) in [4.78, 5) is 29.0. The van der Waals surface area contributed by atoms with E-state index in [4.69, 9.17) is 9.47 Å². The van der Waals surface area contributed by atoms with Crippen molar-refractivity contribution in [2.24, 2.45) is 0 Å². The average Bonchev–Trinajstić information content (AvgIpc) is 2.84. The number of carbonyl (C=O) groups excluding carboxylic acids is 2. The third-order valence-corrected chi connectivity index (χ3v) is 6.65. The van der Waals surface area contributed by atoms with Gasteiger partial charge in [0.1, 0.15) is 16.4 Å². The number of hydrogen-bond donors (Lipinski definition) is 2. The molecule has 3 aromatic rings. The van der Waals surface area contributed by atoms with E-state index >= 15 is 0 Å². The standard InChI is InChI=1S/C23H24N4O6S/c1-27(2)34(30,31)21-12-15(7-10-19(21)32-3)22(28)25-17-8-9-18(20(13-17)33-4)26-23(29)16-6-5-11-24-14-16/h5-14H,1-4H3,(H,25,28)(H,26,29). The molecule has 2 N–H and O–H groups in total. The van der Waals surface area contributed by atoms with Crippen LogP contribution in [0, 0.1) is 0 Å². The van der Waals surface area contributed by atoms with Crippen LogP contribution in [0.2, 0.25) is 0 Å². The molecule has 0 fully saturated rings. The van der Waals surface area contributed by atoms with Crippen molar-refractivity contribution in [3.05, 3.63) is 72.1 Å². The van der Waals surface area contributed by atoms with E-state index in [2.05, 4.69) is 15.6 Å². The van der Waals surface area contributed by atoms with Crippen LogP contribution in [-0.2, 0) is 10.0 Å². The Morgan fingerprint density at radius 1 is 0.882 bits per heavy atom. The van der Waals surface area contributed by atoms with Crippen molar-refractivity contribution in [3.8, 4) is 11.5 Å². The largest absolute Gasteiger partial charge is 0.495 e. The molecule has 0 aliphatic heterocycles. The normalized spacial score (nSPS) is 11.1. The van der Waals surface area contributed by atoms with Crippen LogP contribution in [0.25, 0.3) is 0 Å². The van der Waals surface area contributed by atoms with Crippen molar-refractivity contribution in [3.63, 3.8) is 0 Å². The Morgan fingerprint density at radius 3 is 2.21 bits per heavy atom. The number of pyridine rings is 1. The van der Waals surface area contributed by atoms with E-state index in [9.17, 15) is 18.0 Å². The van der Waals surface area contributed by atoms with E-state index in [1.54, 1.807) is 30.5 Å². The van der Waals surface area contributed by atoms with Crippen molar-refractivity contribution in [2.75, 3.05) is 38.9 Å². The Hall–Kier alpha value is -3.96. The molecule has 0 atom stereocenters. The van der Waals surface area contributed by atoms with E-state index in [-0.39, 0.29) is 22.1 Å². The molecule has 0 radical (unpaired) electrons. The number of nitrogens with one attached hydrogen (secondary N) is 2. The zero-order valence-electron chi connectivity index (χ0n) is 19.0. The summed E-state index contributed by atoms with van der Waals surface area (Å²) in [6.45, 7) is 0. The lowest BCUT2D eigenvalue weighted by molar-refractivity contribution is 0.101. The van der Waals surface area contributed by atoms with Gasteiger partial charge in [0.25, 0.3) is 11.8 Å². The van der Waals surface area contributed by atoms with E-state index in [0.717, 1.165) is 4.31 Å². The molecule has 178 valence electrons. The molecule has 0 aliphatic rings. The lowest BCUT2D eigenvalue weighted by Gasteiger charge is -2.16. The molecule has 3 rings (SSSR count). The molecular weight excluding hydrogens is 460 g/mol. The summed E-state index contributed by atoms with van der Waals surface area (Å²) in [5.41, 5.74) is 1.28. The maximum absolute atomic E-state index is 12.8. The van der Waals surface area contributed by atoms with Gasteiger partial charge in [0, 0.05) is 43.8 Å². The average molecular weight is 485 g/mol. The Morgan fingerprint density at radius 2 is 1.59 bits per heavy atom. The van der Waals surface area contributed by atoms with Gasteiger partial charge in [-0.1, -0.05) is 0 Å². The first kappa shape index (κ1) is 24.7. The Balaban J connectivity index is 1.83. The fourth-order valence-corrected chi connectivity index (χ4v) is 4.06. The van der Waals surface area contributed by atoms with Crippen LogP contribution in [0.15, 0.2) is 65.8 Å². The second-order valence-corrected chi connectivity index (χ2v) is 9.34. The summed E-state index contributed by atoms with van der Waals surface area (Å²) < 4.78 is 36.8. The van der Waals surface area contributed by atoms with Gasteiger partial charge in [-0.2, -0.15) is 0 Å². The summed E-state index contributed by atoms with van der Waals surface area (Å²) >= 11 is 0. The maximum Gasteiger partial charge on any atom is 0.257 e. The molecule has 2 amide bonds. The molecule has 0 saturated heterocycles. The van der Waals surface area contributed by atoms with Crippen LogP contribution < -0.4 is 20.1 Å². The minimum Gasteiger partial charge on any atom is -0.495 e. The van der Waals surface area contributed by atoms with Crippen LogP contribution >= 0.6 is 0 Å². The topological polar surface area (TPSA) is 127 Å². The second kappa shape index (κ2) is 10.3. The minimum absolute atomic E-state index is 0.120. The van der Waals surface area contributed by atoms with Crippen LogP contribution in [0.5, 0.6) is 11.5 Å². The van der Waals surface area contributed by atoms with Gasteiger partial charge in [0.2, 0.25) is 10.0 Å². The molecule has 1 aromatic heterocycles. The van der Waals surface area contributed by atoms with E-state index in [1.807, 2.05) is 0 Å². The van der Waals surface area contributed by atoms with Gasteiger partial charge >= 0.3 is 0 Å². The van der Waals surface area contributed by atoms with Crippen molar-refractivity contribution >= 4 is 33.2 Å². The smallest absolute Gasteiger partial charge is 0.257 e. The molecule has 34 heavy (non-hydrogen) atoms. The van der Waals surface area contributed by atoms with Crippen molar-refractivity contribution in [1.82, 2.24) is 9.29 Å². The number of amides is 2. The summed E-state index contributed by atoms with van der Waals surface area (Å²) in [5.74, 6) is -0.454. The molecule has 1 heterocycles. The summed E-state index contributed by atoms with van der Waals surface area (Å²) in [6.07, 6.45) is 3.01. The first-order valence-corrected chi connectivity index (χ1v) is 11.4. The number of hydrogen-bond acceptors (Lipinski definition) is 7. The highest BCUT2D eigenvalue weighted by molar-refractivity contribution is 7.89. The number of sulfonamides is 1. The Kier molecular flexibility index (Phi) is 7.49. The minimum atomic E-state index is -3.84. The van der Waals surface area contributed by atoms with Gasteiger partial charge in [0.05, 0.1) is 25.5 Å². The quantitative estimate of drug-likeness (QED) is 0.503. The third-order valence-electron chi connectivity index (χ3n) is 4.82. The van der Waals surface area contributed by atoms with E-state index in [0.29, 0.717) is 22.7 Å². The molecular formula is C23H24N4O6S. The number of anilines is 2. The van der Waals surface area contributed by atoms with Gasteiger partial charge in [-0.15, -0.1) is 0 Å². The molecule has 0 spiro atoms. The lowest BCUT2D eigenvalue weighted by Crippen LogP contribution is -2.23. The van der Waals surface area contributed by atoms with E-state index < -0.39 is 15.9 Å². The number of rotatable bonds is 8. The second-order valence-electron chi connectivity index (χ2n) is 7.22. The number of ether oxygens (including phenoxy) is 2. The van der Waals surface area contributed by atoms with Gasteiger partial charge in [0.15, 0.2) is 0 Å². The fourth-order valence-electron chi connectivity index (χ4n) is 2.98. The highest BCUT2D eigenvalue weighted by atomic mass is 32.2. The first-order chi connectivity index (χ1) is 16.2. The lowest BCUT2D eigenvalue weighted by atomic mass is 10.2. The molecule has 0 aliphatic carbocycles. The fraction of sp³-hybridized carbons (Fsp3) is 0.174. The van der Waals surface area contributed by atoms with Crippen LogP contribution in [0.4, 0.5) is 11.4 Å². The highest BCUT2D eigenvalue weighted by Crippen LogP contribution is 2.30. The third kappa shape index (κ3) is 5.33. The van der Waals surface area contributed by atoms with Crippen molar-refractivity contribution < 1.29 is 27.5 Å². The number of methoxy groups -OCH3 is 2. The molecule has 10 nitrogen and oxygen atoms in total. The molecule has 2 aromatic carbocycles. The Labute approximate surface area is 197 Å². The number of carbonyl (C=O) groups is 2. The SMILES string of the molecule is COc1cc(NC(=O)c2ccc(OC)c(S(=O)(=O)N(C)C)c2)ccc1NC(=O)c1cccnc1. The van der Waals surface area contributed by atoms with Crippen molar-refractivity contribution in [1.29, 1.82) is 0 Å². The predicted molar refractivity (Wildman–Crippen MR) is 127 cm³/mol. The molecule has 0 saturated carbocycles. The van der Waals surface area contributed by atoms with Gasteiger partial charge in [-0.3, -0.25) is 14.6 Å². The number of nitrogens with zero attached hydrogens (tertiary/aromatic N) is 2. The number of benzene rings is 2. The van der Waals surface area contributed by atoms with Crippen LogP contribution in [0.1, 0.15) is 20.7 Å². The summed E-state index contributed by atoms with van der Waals surface area (Å²) in [7, 11) is 1.73. The summed E-state index contributed by atoms with van der Waals surface area (Å²) in [5, 5.41) is 5.44. The van der Waals surface area contributed by atoms with Crippen molar-refractivity contribution in [2.45, 2.75) is 4.90 Å². The number of aromatic nitrogens is 1. The highest BCUT2D eigenvalue weighted by Gasteiger charge is 2.24. The molecule has 0 unspecified atom stereocenters. The monoisotopic (exact) mass is 484 g/mol. The van der Waals surface area contributed by atoms with Gasteiger partial charge < -0.3 is 20.1 Å². The zero-order chi connectivity index (χ0) is 24.9. The van der Waals surface area contributed by atoms with E-state index in [1.165, 1.54) is 58.8 Å². The first-order valence-electron chi connectivity index (χ1n) is 9.98. The predicted octanol–water partition coefficient (Wildman–Crippen LogP) is 2.85. The van der Waals surface area contributed by atoms with Crippen LogP contribution in [-0.4, -0.2) is 57.8 Å². The van der Waals surface area contributed by atoms with Crippen LogP contribution in [0.3, 0.4) is 0 Å². The Bertz CT molecular complexity index is 1310. The van der Waals surface area contributed by atoms with Gasteiger partial charge in [-0.05, 0) is 42.5 Å². The molecule has 0 bridgehead atoms.